The molecule has 4 aromatic rings. The zero-order chi connectivity index (χ0) is 20.1. The molecule has 1 amide bonds. The van der Waals surface area contributed by atoms with E-state index in [2.05, 4.69) is 15.3 Å². The minimum atomic E-state index is -0.342. The van der Waals surface area contributed by atoms with E-state index in [1.165, 1.54) is 28.7 Å². The molecule has 0 aliphatic rings. The fourth-order valence-electron chi connectivity index (χ4n) is 2.64. The van der Waals surface area contributed by atoms with E-state index in [0.29, 0.717) is 35.0 Å². The Morgan fingerprint density at radius 1 is 1.10 bits per heavy atom. The number of amides is 1. The van der Waals surface area contributed by atoms with Crippen LogP contribution in [-0.4, -0.2) is 15.9 Å². The van der Waals surface area contributed by atoms with Crippen molar-refractivity contribution in [3.63, 3.8) is 0 Å². The van der Waals surface area contributed by atoms with Crippen molar-refractivity contribution >= 4 is 34.3 Å². The van der Waals surface area contributed by atoms with Gasteiger partial charge >= 0.3 is 0 Å². The zero-order valence-corrected chi connectivity index (χ0v) is 16.8. The second-order valence-electron chi connectivity index (χ2n) is 6.11. The lowest BCUT2D eigenvalue weighted by molar-refractivity contribution is 0.102. The van der Waals surface area contributed by atoms with Gasteiger partial charge in [-0.15, -0.1) is 22.7 Å². The number of hydrogen-bond acceptors (Lipinski definition) is 6. The molecule has 0 bridgehead atoms. The smallest absolute Gasteiger partial charge is 0.275 e. The van der Waals surface area contributed by atoms with E-state index < -0.39 is 0 Å². The first-order chi connectivity index (χ1) is 14.2. The number of thiazole rings is 2. The van der Waals surface area contributed by atoms with Crippen LogP contribution in [0.1, 0.15) is 26.8 Å². The number of carbonyl (C=O) groups is 1. The van der Waals surface area contributed by atoms with Crippen LogP contribution in [0, 0.1) is 5.82 Å². The van der Waals surface area contributed by atoms with Crippen molar-refractivity contribution in [1.29, 1.82) is 0 Å². The third-order valence-electron chi connectivity index (χ3n) is 4.08. The quantitative estimate of drug-likeness (QED) is 0.444. The van der Waals surface area contributed by atoms with E-state index >= 15 is 0 Å². The van der Waals surface area contributed by atoms with Crippen molar-refractivity contribution in [2.24, 2.45) is 0 Å². The van der Waals surface area contributed by atoms with Crippen molar-refractivity contribution in [3.8, 4) is 5.75 Å². The Morgan fingerprint density at radius 2 is 1.93 bits per heavy atom. The van der Waals surface area contributed by atoms with Crippen LogP contribution >= 0.6 is 22.7 Å². The molecule has 29 heavy (non-hydrogen) atoms. The predicted octanol–water partition coefficient (Wildman–Crippen LogP) is 5.16. The standard InChI is InChI=1S/C21H16FN3O2S2/c22-16-6-2-1-5-14(16)9-20-24-18(12-29-20)21(26)25-17-7-3-4-8-19(17)27-10-15-11-28-13-23-15/h1-8,11-13H,9-10H2,(H,25,26). The van der Waals surface area contributed by atoms with Crippen LogP contribution in [0.2, 0.25) is 0 Å². The van der Waals surface area contributed by atoms with E-state index in [9.17, 15) is 9.18 Å². The number of anilines is 1. The number of ether oxygens (including phenoxy) is 1. The highest BCUT2D eigenvalue weighted by molar-refractivity contribution is 7.09. The van der Waals surface area contributed by atoms with Crippen LogP contribution in [0.4, 0.5) is 10.1 Å². The second-order valence-corrected chi connectivity index (χ2v) is 7.77. The molecule has 146 valence electrons. The maximum Gasteiger partial charge on any atom is 0.275 e. The van der Waals surface area contributed by atoms with Gasteiger partial charge in [-0.1, -0.05) is 30.3 Å². The molecule has 2 aromatic carbocycles. The molecular formula is C21H16FN3O2S2. The highest BCUT2D eigenvalue weighted by Crippen LogP contribution is 2.26. The fraction of sp³-hybridized carbons (Fsp3) is 0.0952. The highest BCUT2D eigenvalue weighted by atomic mass is 32.1. The topological polar surface area (TPSA) is 64.1 Å². The summed E-state index contributed by atoms with van der Waals surface area (Å²) in [6.45, 7) is 0.319. The van der Waals surface area contributed by atoms with Gasteiger partial charge in [0.1, 0.15) is 23.9 Å². The van der Waals surface area contributed by atoms with Gasteiger partial charge in [0, 0.05) is 17.2 Å². The minimum Gasteiger partial charge on any atom is -0.485 e. The third-order valence-corrected chi connectivity index (χ3v) is 5.56. The van der Waals surface area contributed by atoms with Crippen LogP contribution in [0.15, 0.2) is 64.8 Å². The molecule has 0 saturated heterocycles. The summed E-state index contributed by atoms with van der Waals surface area (Å²) in [6.07, 6.45) is 0.345. The molecule has 0 aliphatic heterocycles. The molecule has 0 fully saturated rings. The van der Waals surface area contributed by atoms with E-state index in [0.717, 1.165) is 5.69 Å². The number of carbonyl (C=O) groups excluding carboxylic acids is 1. The van der Waals surface area contributed by atoms with Crippen molar-refractivity contribution < 1.29 is 13.9 Å². The molecule has 5 nitrogen and oxygen atoms in total. The summed E-state index contributed by atoms with van der Waals surface area (Å²) in [5, 5.41) is 7.09. The molecule has 0 radical (unpaired) electrons. The largest absolute Gasteiger partial charge is 0.485 e. The van der Waals surface area contributed by atoms with Crippen molar-refractivity contribution in [2.45, 2.75) is 13.0 Å². The van der Waals surface area contributed by atoms with Crippen molar-refractivity contribution in [3.05, 3.63) is 92.6 Å². The van der Waals surface area contributed by atoms with Crippen LogP contribution < -0.4 is 10.1 Å². The van der Waals surface area contributed by atoms with E-state index in [1.807, 2.05) is 17.5 Å². The average Bonchev–Trinajstić information content (AvgIpc) is 3.41. The van der Waals surface area contributed by atoms with Gasteiger partial charge in [-0.3, -0.25) is 4.79 Å². The van der Waals surface area contributed by atoms with Gasteiger partial charge in [-0.25, -0.2) is 14.4 Å². The van der Waals surface area contributed by atoms with Gasteiger partial charge in [0.25, 0.3) is 5.91 Å². The first kappa shape index (κ1) is 19.2. The molecule has 4 rings (SSSR count). The summed E-state index contributed by atoms with van der Waals surface area (Å²) >= 11 is 2.83. The number of nitrogens with zero attached hydrogens (tertiary/aromatic N) is 2. The summed E-state index contributed by atoms with van der Waals surface area (Å²) in [7, 11) is 0. The molecule has 2 aromatic heterocycles. The summed E-state index contributed by atoms with van der Waals surface area (Å²) in [5.41, 5.74) is 3.96. The van der Waals surface area contributed by atoms with Crippen LogP contribution in [-0.2, 0) is 13.0 Å². The summed E-state index contributed by atoms with van der Waals surface area (Å²) in [4.78, 5) is 21.2. The van der Waals surface area contributed by atoms with Gasteiger partial charge in [0.2, 0.25) is 0 Å². The van der Waals surface area contributed by atoms with Gasteiger partial charge in [-0.05, 0) is 23.8 Å². The summed E-state index contributed by atoms with van der Waals surface area (Å²) in [5.74, 6) is -0.0682. The maximum absolute atomic E-state index is 13.8. The number of para-hydroxylation sites is 2. The lowest BCUT2D eigenvalue weighted by Gasteiger charge is -2.11. The lowest BCUT2D eigenvalue weighted by atomic mass is 10.1. The second kappa shape index (κ2) is 8.93. The van der Waals surface area contributed by atoms with Gasteiger partial charge in [-0.2, -0.15) is 0 Å². The predicted molar refractivity (Wildman–Crippen MR) is 112 cm³/mol. The molecule has 0 aliphatic carbocycles. The summed E-state index contributed by atoms with van der Waals surface area (Å²) in [6, 6.07) is 13.8. The Labute approximate surface area is 174 Å². The van der Waals surface area contributed by atoms with Gasteiger partial charge < -0.3 is 10.1 Å². The number of halogens is 1. The van der Waals surface area contributed by atoms with Crippen molar-refractivity contribution in [2.75, 3.05) is 5.32 Å². The maximum atomic E-state index is 13.8. The molecule has 2 heterocycles. The van der Waals surface area contributed by atoms with Gasteiger partial charge in [0.05, 0.1) is 21.9 Å². The number of nitrogens with one attached hydrogen (secondary N) is 1. The van der Waals surface area contributed by atoms with E-state index in [1.54, 1.807) is 41.2 Å². The third kappa shape index (κ3) is 4.85. The van der Waals surface area contributed by atoms with Crippen LogP contribution in [0.25, 0.3) is 0 Å². The molecule has 8 heteroatoms. The SMILES string of the molecule is O=C(Nc1ccccc1OCc1cscn1)c1csc(Cc2ccccc2F)n1. The molecule has 0 atom stereocenters. The number of aromatic nitrogens is 2. The number of benzene rings is 2. The normalized spacial score (nSPS) is 10.7. The van der Waals surface area contributed by atoms with Crippen LogP contribution in [0.3, 0.4) is 0 Å². The van der Waals surface area contributed by atoms with Crippen LogP contribution in [0.5, 0.6) is 5.75 Å². The Balaban J connectivity index is 1.43. The average molecular weight is 426 g/mol. The van der Waals surface area contributed by atoms with E-state index in [-0.39, 0.29) is 17.4 Å². The first-order valence-electron chi connectivity index (χ1n) is 8.77. The van der Waals surface area contributed by atoms with Crippen molar-refractivity contribution in [1.82, 2.24) is 9.97 Å². The number of rotatable bonds is 7. The first-order valence-corrected chi connectivity index (χ1v) is 10.6. The molecule has 0 unspecified atom stereocenters. The highest BCUT2D eigenvalue weighted by Gasteiger charge is 2.14. The molecule has 0 saturated carbocycles. The Hall–Kier alpha value is -3.10. The Kier molecular flexibility index (Phi) is 5.92. The number of hydrogen-bond donors (Lipinski definition) is 1. The Morgan fingerprint density at radius 3 is 2.76 bits per heavy atom. The summed E-state index contributed by atoms with van der Waals surface area (Å²) < 4.78 is 19.6. The molecule has 0 spiro atoms. The van der Waals surface area contributed by atoms with Gasteiger partial charge in [0.15, 0.2) is 0 Å². The Bertz CT molecular complexity index is 1110. The fourth-order valence-corrected chi connectivity index (χ4v) is 3.98. The monoisotopic (exact) mass is 425 g/mol. The van der Waals surface area contributed by atoms with E-state index in [4.69, 9.17) is 4.74 Å². The molecular weight excluding hydrogens is 409 g/mol. The minimum absolute atomic E-state index is 0.278. The molecule has 1 N–H and O–H groups in total. The lowest BCUT2D eigenvalue weighted by Crippen LogP contribution is -2.13. The zero-order valence-electron chi connectivity index (χ0n) is 15.2.